The first-order valence-corrected chi connectivity index (χ1v) is 6.36. The summed E-state index contributed by atoms with van der Waals surface area (Å²) in [6.45, 7) is 2.55. The number of hydrogen-bond donors (Lipinski definition) is 0. The summed E-state index contributed by atoms with van der Waals surface area (Å²) in [5.41, 5.74) is -1.60. The van der Waals surface area contributed by atoms with Crippen LogP contribution in [0.25, 0.3) is 0 Å². The molecule has 1 fully saturated rings. The second kappa shape index (κ2) is 5.52. The lowest BCUT2D eigenvalue weighted by atomic mass is 10.1. The van der Waals surface area contributed by atoms with Gasteiger partial charge in [0.15, 0.2) is 0 Å². The summed E-state index contributed by atoms with van der Waals surface area (Å²) in [5, 5.41) is 10.6. The van der Waals surface area contributed by atoms with Gasteiger partial charge in [0, 0.05) is 13.1 Å². The molecule has 1 aromatic carbocycles. The molecule has 0 aromatic heterocycles. The lowest BCUT2D eigenvalue weighted by molar-refractivity contribution is -0.387. The number of amides is 1. The zero-order valence-electron chi connectivity index (χ0n) is 10.9. The van der Waals surface area contributed by atoms with E-state index in [-0.39, 0.29) is 0 Å². The van der Waals surface area contributed by atoms with Crippen LogP contribution < -0.4 is 0 Å². The molecule has 1 aliphatic rings. The highest BCUT2D eigenvalue weighted by atomic mass is 19.1. The maximum atomic E-state index is 13.9. The summed E-state index contributed by atoms with van der Waals surface area (Å²) < 4.78 is 27.3. The molecule has 0 unspecified atom stereocenters. The second-order valence-corrected chi connectivity index (χ2v) is 4.83. The third-order valence-electron chi connectivity index (χ3n) is 3.29. The van der Waals surface area contributed by atoms with E-state index < -0.39 is 33.7 Å². The molecular formula is C13H14F2N2O3. The van der Waals surface area contributed by atoms with E-state index in [2.05, 4.69) is 0 Å². The van der Waals surface area contributed by atoms with E-state index in [1.807, 2.05) is 0 Å². The number of benzene rings is 1. The number of carbonyl (C=O) groups excluding carboxylic acids is 1. The van der Waals surface area contributed by atoms with Crippen LogP contribution in [0.2, 0.25) is 0 Å². The molecule has 1 saturated carbocycles. The zero-order chi connectivity index (χ0) is 14.9. The lowest BCUT2D eigenvalue weighted by Crippen LogP contribution is -2.33. The van der Waals surface area contributed by atoms with Crippen molar-refractivity contribution >= 4 is 11.6 Å². The minimum atomic E-state index is -1.28. The predicted octanol–water partition coefficient (Wildman–Crippen LogP) is 2.75. The Kier molecular flexibility index (Phi) is 3.96. The van der Waals surface area contributed by atoms with Gasteiger partial charge in [-0.15, -0.1) is 0 Å². The molecule has 20 heavy (non-hydrogen) atoms. The average molecular weight is 284 g/mol. The summed E-state index contributed by atoms with van der Waals surface area (Å²) in [5.74, 6) is -2.59. The fourth-order valence-corrected chi connectivity index (χ4v) is 2.00. The van der Waals surface area contributed by atoms with Crippen LogP contribution >= 0.6 is 0 Å². The summed E-state index contributed by atoms with van der Waals surface area (Å²) in [6.07, 6.45) is 2.02. The van der Waals surface area contributed by atoms with E-state index in [0.29, 0.717) is 31.1 Å². The maximum Gasteiger partial charge on any atom is 0.308 e. The Morgan fingerprint density at radius 1 is 1.45 bits per heavy atom. The number of nitro benzene ring substituents is 1. The predicted molar refractivity (Wildman–Crippen MR) is 67.3 cm³/mol. The molecular weight excluding hydrogens is 270 g/mol. The van der Waals surface area contributed by atoms with Crippen molar-refractivity contribution in [3.05, 3.63) is 39.4 Å². The summed E-state index contributed by atoms with van der Waals surface area (Å²) in [4.78, 5) is 23.2. The van der Waals surface area contributed by atoms with Gasteiger partial charge in [-0.3, -0.25) is 14.9 Å². The van der Waals surface area contributed by atoms with Crippen LogP contribution in [0.1, 0.15) is 30.1 Å². The maximum absolute atomic E-state index is 13.9. The first kappa shape index (κ1) is 14.4. The number of carbonyl (C=O) groups is 1. The van der Waals surface area contributed by atoms with Crippen LogP contribution in [0.15, 0.2) is 12.1 Å². The summed E-state index contributed by atoms with van der Waals surface area (Å²) >= 11 is 0. The molecule has 0 atom stereocenters. The molecule has 0 aliphatic heterocycles. The van der Waals surface area contributed by atoms with Crippen molar-refractivity contribution < 1.29 is 18.5 Å². The Morgan fingerprint density at radius 2 is 2.10 bits per heavy atom. The van der Waals surface area contributed by atoms with Crippen molar-refractivity contribution in [3.63, 3.8) is 0 Å². The molecule has 1 aliphatic carbocycles. The highest BCUT2D eigenvalue weighted by molar-refractivity contribution is 5.95. The van der Waals surface area contributed by atoms with Crippen LogP contribution in [0.3, 0.4) is 0 Å². The molecule has 1 amide bonds. The molecule has 108 valence electrons. The smallest absolute Gasteiger partial charge is 0.308 e. The Bertz CT molecular complexity index is 559. The highest BCUT2D eigenvalue weighted by Crippen LogP contribution is 2.31. The molecule has 0 heterocycles. The van der Waals surface area contributed by atoms with Gasteiger partial charge in [-0.25, -0.2) is 4.39 Å². The Labute approximate surface area is 114 Å². The SMILES string of the molecule is CCN(CC1CC1)C(=O)c1cc(F)cc([N+](=O)[O-])c1F. The summed E-state index contributed by atoms with van der Waals surface area (Å²) in [7, 11) is 0. The largest absolute Gasteiger partial charge is 0.339 e. The Morgan fingerprint density at radius 3 is 2.60 bits per heavy atom. The van der Waals surface area contributed by atoms with Crippen molar-refractivity contribution in [1.29, 1.82) is 0 Å². The van der Waals surface area contributed by atoms with Crippen molar-refractivity contribution in [1.82, 2.24) is 4.90 Å². The third-order valence-corrected chi connectivity index (χ3v) is 3.29. The molecule has 0 bridgehead atoms. The fraction of sp³-hybridized carbons (Fsp3) is 0.462. The van der Waals surface area contributed by atoms with Crippen LogP contribution in [-0.2, 0) is 0 Å². The average Bonchev–Trinajstić information content (AvgIpc) is 3.21. The van der Waals surface area contributed by atoms with Gasteiger partial charge in [-0.05, 0) is 31.7 Å². The first-order valence-electron chi connectivity index (χ1n) is 6.36. The molecule has 1 aromatic rings. The van der Waals surface area contributed by atoms with Crippen molar-refractivity contribution in [2.45, 2.75) is 19.8 Å². The van der Waals surface area contributed by atoms with Crippen molar-refractivity contribution in [3.8, 4) is 0 Å². The normalized spacial score (nSPS) is 14.2. The fourth-order valence-electron chi connectivity index (χ4n) is 2.00. The number of halogens is 2. The summed E-state index contributed by atoms with van der Waals surface area (Å²) in [6, 6.07) is 1.18. The molecule has 2 rings (SSSR count). The van der Waals surface area contributed by atoms with Crippen LogP contribution in [-0.4, -0.2) is 28.8 Å². The standard InChI is InChI=1S/C13H14F2N2O3/c1-2-16(7-8-3-4-8)13(18)10-5-9(14)6-11(12(10)15)17(19)20/h5-6,8H,2-4,7H2,1H3. The molecule has 5 nitrogen and oxygen atoms in total. The van der Waals surface area contributed by atoms with Gasteiger partial charge in [0.1, 0.15) is 5.82 Å². The van der Waals surface area contributed by atoms with Gasteiger partial charge in [0.05, 0.1) is 16.6 Å². The highest BCUT2D eigenvalue weighted by Gasteiger charge is 2.30. The van der Waals surface area contributed by atoms with Crippen LogP contribution in [0.5, 0.6) is 0 Å². The van der Waals surface area contributed by atoms with Gasteiger partial charge in [0.2, 0.25) is 5.82 Å². The number of rotatable bonds is 5. The van der Waals surface area contributed by atoms with Crippen molar-refractivity contribution in [2.75, 3.05) is 13.1 Å². The quantitative estimate of drug-likeness (QED) is 0.617. The van der Waals surface area contributed by atoms with E-state index in [1.165, 1.54) is 4.90 Å². The first-order chi connectivity index (χ1) is 9.43. The molecule has 0 spiro atoms. The Hall–Kier alpha value is -2.05. The van der Waals surface area contributed by atoms with Crippen molar-refractivity contribution in [2.24, 2.45) is 5.92 Å². The minimum Gasteiger partial charge on any atom is -0.339 e. The monoisotopic (exact) mass is 284 g/mol. The zero-order valence-corrected chi connectivity index (χ0v) is 10.9. The van der Waals surface area contributed by atoms with Gasteiger partial charge in [0.25, 0.3) is 5.91 Å². The van der Waals surface area contributed by atoms with Gasteiger partial charge < -0.3 is 4.90 Å². The van der Waals surface area contributed by atoms with Gasteiger partial charge >= 0.3 is 5.69 Å². The van der Waals surface area contributed by atoms with Crippen LogP contribution in [0, 0.1) is 27.7 Å². The van der Waals surface area contributed by atoms with Gasteiger partial charge in [-0.2, -0.15) is 4.39 Å². The number of nitrogens with zero attached hydrogens (tertiary/aromatic N) is 2. The molecule has 0 saturated heterocycles. The molecule has 0 N–H and O–H groups in total. The number of hydrogen-bond acceptors (Lipinski definition) is 3. The Balaban J connectivity index is 2.34. The second-order valence-electron chi connectivity index (χ2n) is 4.83. The lowest BCUT2D eigenvalue weighted by Gasteiger charge is -2.20. The molecule has 0 radical (unpaired) electrons. The third kappa shape index (κ3) is 2.92. The van der Waals surface area contributed by atoms with Crippen LogP contribution in [0.4, 0.5) is 14.5 Å². The molecule has 7 heteroatoms. The van der Waals surface area contributed by atoms with E-state index >= 15 is 0 Å². The topological polar surface area (TPSA) is 63.5 Å². The van der Waals surface area contributed by atoms with E-state index in [9.17, 15) is 23.7 Å². The minimum absolute atomic E-state index is 0.346. The number of nitro groups is 1. The van der Waals surface area contributed by atoms with E-state index in [4.69, 9.17) is 0 Å². The van der Waals surface area contributed by atoms with Gasteiger partial charge in [-0.1, -0.05) is 0 Å². The van der Waals surface area contributed by atoms with E-state index in [1.54, 1.807) is 6.92 Å². The van der Waals surface area contributed by atoms with E-state index in [0.717, 1.165) is 12.8 Å².